The molecule has 12 heteroatoms. The zero-order valence-electron chi connectivity index (χ0n) is 30.3. The van der Waals surface area contributed by atoms with Crippen LogP contribution in [0.15, 0.2) is 82.8 Å². The number of ketones is 4. The van der Waals surface area contributed by atoms with Gasteiger partial charge < -0.3 is 9.47 Å². The van der Waals surface area contributed by atoms with E-state index in [1.165, 1.54) is 0 Å². The summed E-state index contributed by atoms with van der Waals surface area (Å²) in [7, 11) is 0. The molecule has 3 aromatic carbocycles. The highest BCUT2D eigenvalue weighted by Crippen LogP contribution is 2.48. The van der Waals surface area contributed by atoms with Gasteiger partial charge in [0.15, 0.2) is 34.6 Å². The van der Waals surface area contributed by atoms with Crippen LogP contribution >= 0.6 is 22.7 Å². The van der Waals surface area contributed by atoms with Crippen molar-refractivity contribution in [2.45, 2.75) is 64.6 Å². The molecule has 5 aromatic rings. The van der Waals surface area contributed by atoms with E-state index in [4.69, 9.17) is 9.47 Å². The third-order valence-electron chi connectivity index (χ3n) is 11.5. The fourth-order valence-electron chi connectivity index (χ4n) is 8.75. The van der Waals surface area contributed by atoms with Gasteiger partial charge in [-0.1, -0.05) is 86.3 Å². The summed E-state index contributed by atoms with van der Waals surface area (Å²) in [5.74, 6) is -3.88. The van der Waals surface area contributed by atoms with Crippen molar-refractivity contribution >= 4 is 99.3 Å². The van der Waals surface area contributed by atoms with Crippen LogP contribution in [0.5, 0.6) is 0 Å². The fraction of sp³-hybridized carbons (Fsp3) is 0.318. The molecule has 0 amide bonds. The van der Waals surface area contributed by atoms with Crippen molar-refractivity contribution in [2.75, 3.05) is 0 Å². The molecule has 4 saturated carbocycles. The second kappa shape index (κ2) is 14.9. The maximum absolute atomic E-state index is 14.3. The largest absolute Gasteiger partial charge is 0.457 e. The van der Waals surface area contributed by atoms with Crippen molar-refractivity contribution in [1.29, 1.82) is 0 Å². The van der Waals surface area contributed by atoms with Gasteiger partial charge in [-0.15, -0.1) is 22.7 Å². The van der Waals surface area contributed by atoms with E-state index in [0.29, 0.717) is 45.9 Å². The van der Waals surface area contributed by atoms with Gasteiger partial charge in [0.1, 0.15) is 23.2 Å². The number of aliphatic imine (C=N–C) groups is 2. The summed E-state index contributed by atoms with van der Waals surface area (Å²) in [5.41, 5.74) is 1.62. The fourth-order valence-corrected chi connectivity index (χ4v) is 10.9. The smallest absolute Gasteiger partial charge is 0.340 e. The summed E-state index contributed by atoms with van der Waals surface area (Å²) in [6, 6.07) is 21.7. The number of carbonyl (C=O) groups is 6. The van der Waals surface area contributed by atoms with Crippen LogP contribution in [0.4, 0.5) is 10.0 Å². The third-order valence-corrected chi connectivity index (χ3v) is 13.6. The van der Waals surface area contributed by atoms with E-state index in [2.05, 4.69) is 9.98 Å². The van der Waals surface area contributed by atoms with E-state index in [-0.39, 0.29) is 92.6 Å². The number of hydrogen-bond donors (Lipinski definition) is 0. The van der Waals surface area contributed by atoms with Gasteiger partial charge in [0.25, 0.3) is 0 Å². The molecule has 282 valence electrons. The van der Waals surface area contributed by atoms with Gasteiger partial charge in [-0.25, -0.2) is 19.6 Å². The van der Waals surface area contributed by atoms with Gasteiger partial charge in [0.2, 0.25) is 0 Å². The number of hydrogen-bond acceptors (Lipinski definition) is 12. The monoisotopic (exact) mass is 784 g/mol. The Morgan fingerprint density at radius 3 is 1.21 bits per heavy atom. The molecule has 56 heavy (non-hydrogen) atoms. The SMILES string of the molecule is O=C(OCc1ccccc1)c1c2cc(N=C3C(=O)C4CCCCC4C3=O)sc2c(C(=O)OCc2ccccc2)c2cc(N=C3C(=O)C4CCCCC4C3=O)sc12. The standard InChI is InChI=1S/C44H36N2O8S2/c47-37-25-15-7-8-16-26(25)38(48)35(37)45-31-19-29-33(43(51)53-21-23-11-3-1-4-12-23)41-30(34(42(29)56-31)44(52)54-22-24-13-5-2-6-14-24)20-32(55-41)46-36-39(49)27-17-9-10-18-28(27)40(36)50/h1-6,11-14,19-20,25-28H,7-10,15-18,21-22H2. The number of rotatable bonds is 8. The van der Waals surface area contributed by atoms with Crippen molar-refractivity contribution in [3.05, 3.63) is 95.1 Å². The van der Waals surface area contributed by atoms with Crippen LogP contribution in [0, 0.1) is 23.7 Å². The highest BCUT2D eigenvalue weighted by atomic mass is 32.1. The molecule has 4 unspecified atom stereocenters. The van der Waals surface area contributed by atoms with Crippen LogP contribution < -0.4 is 0 Å². The summed E-state index contributed by atoms with van der Waals surface area (Å²) < 4.78 is 12.5. The van der Waals surface area contributed by atoms with E-state index in [9.17, 15) is 28.8 Å². The Labute approximate surface area is 329 Å². The van der Waals surface area contributed by atoms with Gasteiger partial charge >= 0.3 is 11.9 Å². The second-order valence-corrected chi connectivity index (χ2v) is 17.0. The first kappa shape index (κ1) is 36.2. The average molecular weight is 785 g/mol. The molecule has 0 N–H and O–H groups in total. The molecule has 0 spiro atoms. The van der Waals surface area contributed by atoms with Crippen molar-refractivity contribution < 1.29 is 38.2 Å². The minimum atomic E-state index is -0.677. The maximum atomic E-state index is 14.3. The van der Waals surface area contributed by atoms with Gasteiger partial charge in [-0.05, 0) is 48.9 Å². The lowest BCUT2D eigenvalue weighted by Gasteiger charge is -2.20. The molecule has 2 aromatic heterocycles. The Bertz CT molecular complexity index is 2250. The summed E-state index contributed by atoms with van der Waals surface area (Å²) in [4.78, 5) is 91.7. The molecule has 4 aliphatic carbocycles. The molecule has 4 fully saturated rings. The van der Waals surface area contributed by atoms with Gasteiger partial charge in [-0.3, -0.25) is 19.2 Å². The number of ether oxygens (including phenoxy) is 2. The normalized spacial score (nSPS) is 22.1. The molecule has 0 radical (unpaired) electrons. The minimum Gasteiger partial charge on any atom is -0.457 e. The first-order valence-corrected chi connectivity index (χ1v) is 20.7. The van der Waals surface area contributed by atoms with Crippen molar-refractivity contribution in [3.63, 3.8) is 0 Å². The Balaban J connectivity index is 1.21. The topological polar surface area (TPSA) is 146 Å². The molecule has 0 saturated heterocycles. The van der Waals surface area contributed by atoms with Crippen LogP contribution in [0.1, 0.15) is 83.2 Å². The van der Waals surface area contributed by atoms with E-state index in [1.807, 2.05) is 60.7 Å². The molecule has 0 bridgehead atoms. The van der Waals surface area contributed by atoms with Crippen LogP contribution in [-0.4, -0.2) is 46.5 Å². The highest BCUT2D eigenvalue weighted by Gasteiger charge is 2.49. The van der Waals surface area contributed by atoms with Crippen LogP contribution in [-0.2, 0) is 41.9 Å². The Morgan fingerprint density at radius 1 is 0.536 bits per heavy atom. The van der Waals surface area contributed by atoms with Crippen LogP contribution in [0.25, 0.3) is 20.2 Å². The molecule has 4 atom stereocenters. The first-order valence-electron chi connectivity index (χ1n) is 19.1. The Kier molecular flexibility index (Phi) is 9.62. The molecule has 9 rings (SSSR count). The quantitative estimate of drug-likeness (QED) is 0.142. The summed E-state index contributed by atoms with van der Waals surface area (Å²) in [6.07, 6.45) is 6.13. The minimum absolute atomic E-state index is 0.0269. The lowest BCUT2D eigenvalue weighted by atomic mass is 9.81. The van der Waals surface area contributed by atoms with Gasteiger partial charge in [0.05, 0.1) is 20.5 Å². The number of thiophene rings is 2. The molecule has 10 nitrogen and oxygen atoms in total. The summed E-state index contributed by atoms with van der Waals surface area (Å²) >= 11 is 2.15. The predicted octanol–water partition coefficient (Wildman–Crippen LogP) is 8.89. The van der Waals surface area contributed by atoms with Gasteiger partial charge in [0, 0.05) is 34.4 Å². The molecule has 2 heterocycles. The Hall–Kier alpha value is -5.46. The molecular formula is C44H36N2O8S2. The lowest BCUT2D eigenvalue weighted by molar-refractivity contribution is -0.120. The number of esters is 2. The van der Waals surface area contributed by atoms with Crippen molar-refractivity contribution in [1.82, 2.24) is 0 Å². The summed E-state index contributed by atoms with van der Waals surface area (Å²) in [6.45, 7) is -0.0537. The van der Waals surface area contributed by atoms with Crippen LogP contribution in [0.2, 0.25) is 0 Å². The lowest BCUT2D eigenvalue weighted by Crippen LogP contribution is -2.21. The van der Waals surface area contributed by atoms with Crippen LogP contribution in [0.3, 0.4) is 0 Å². The molecule has 4 aliphatic rings. The molecule has 0 aliphatic heterocycles. The summed E-state index contributed by atoms with van der Waals surface area (Å²) in [5, 5.41) is 1.24. The number of nitrogens with zero attached hydrogens (tertiary/aromatic N) is 2. The predicted molar refractivity (Wildman–Crippen MR) is 213 cm³/mol. The second-order valence-electron chi connectivity index (χ2n) is 14.9. The van der Waals surface area contributed by atoms with E-state index >= 15 is 0 Å². The number of Topliss-reactive ketones (excluding diaryl/α,β-unsaturated/α-hetero) is 4. The van der Waals surface area contributed by atoms with Crippen molar-refractivity contribution in [3.8, 4) is 0 Å². The third kappa shape index (κ3) is 6.44. The number of fused-ring (bicyclic) bond motifs is 4. The molecular weight excluding hydrogens is 749 g/mol. The van der Waals surface area contributed by atoms with E-state index in [0.717, 1.165) is 59.5 Å². The zero-order valence-corrected chi connectivity index (χ0v) is 31.9. The van der Waals surface area contributed by atoms with Gasteiger partial charge in [-0.2, -0.15) is 0 Å². The Morgan fingerprint density at radius 2 is 0.875 bits per heavy atom. The highest BCUT2D eigenvalue weighted by molar-refractivity contribution is 7.25. The maximum Gasteiger partial charge on any atom is 0.340 e. The first-order chi connectivity index (χ1) is 27.3. The average Bonchev–Trinajstić information content (AvgIpc) is 3.96. The number of carbonyl (C=O) groups excluding carboxylic acids is 6. The zero-order chi connectivity index (χ0) is 38.5. The van der Waals surface area contributed by atoms with E-state index in [1.54, 1.807) is 12.1 Å². The number of benzene rings is 3. The van der Waals surface area contributed by atoms with E-state index < -0.39 is 11.9 Å². The van der Waals surface area contributed by atoms with Crippen molar-refractivity contribution in [2.24, 2.45) is 33.7 Å².